The number of epoxide rings is 1. The fraction of sp³-hybridized carbons (Fsp3) is 0.579. The van der Waals surface area contributed by atoms with Gasteiger partial charge in [0, 0.05) is 13.5 Å². The number of rotatable bonds is 8. The van der Waals surface area contributed by atoms with Gasteiger partial charge in [0.05, 0.1) is 11.7 Å². The summed E-state index contributed by atoms with van der Waals surface area (Å²) in [5, 5.41) is 0. The van der Waals surface area contributed by atoms with E-state index >= 15 is 0 Å². The molecule has 0 bridgehead atoms. The third-order valence-corrected chi connectivity index (χ3v) is 4.18. The predicted octanol–water partition coefficient (Wildman–Crippen LogP) is 4.42. The van der Waals surface area contributed by atoms with Crippen molar-refractivity contribution in [2.75, 3.05) is 13.9 Å². The van der Waals surface area contributed by atoms with Gasteiger partial charge in [0.2, 0.25) is 0 Å². The molecule has 2 atom stereocenters. The zero-order chi connectivity index (χ0) is 16.2. The van der Waals surface area contributed by atoms with Crippen molar-refractivity contribution >= 4 is 0 Å². The lowest BCUT2D eigenvalue weighted by Crippen LogP contribution is -2.12. The van der Waals surface area contributed by atoms with Gasteiger partial charge in [0.15, 0.2) is 6.79 Å². The molecule has 0 N–H and O–H groups in total. The normalized spacial score (nSPS) is 23.2. The number of hydrogen-bond donors (Lipinski definition) is 0. The molecule has 22 heavy (non-hydrogen) atoms. The number of methoxy groups -OCH3 is 1. The molecule has 1 fully saturated rings. The molecule has 1 aromatic rings. The molecule has 0 spiro atoms. The molecule has 0 saturated carbocycles. The molecule has 122 valence electrons. The summed E-state index contributed by atoms with van der Waals surface area (Å²) in [4.78, 5) is 0. The van der Waals surface area contributed by atoms with Gasteiger partial charge in [-0.2, -0.15) is 0 Å². The summed E-state index contributed by atoms with van der Waals surface area (Å²) in [6, 6.07) is 6.27. The molecular weight excluding hydrogens is 276 g/mol. The highest BCUT2D eigenvalue weighted by molar-refractivity contribution is 5.38. The Morgan fingerprint density at radius 3 is 2.82 bits per heavy atom. The lowest BCUT2D eigenvalue weighted by atomic mass is 9.95. The van der Waals surface area contributed by atoms with Gasteiger partial charge in [0.1, 0.15) is 5.75 Å². The SMILES string of the molecule is COCOc1ccc(C)cc1C[C@H]1O[C@]1(C)CCC=C(C)C. The van der Waals surface area contributed by atoms with Crippen molar-refractivity contribution in [3.8, 4) is 5.75 Å². The molecule has 2 rings (SSSR count). The van der Waals surface area contributed by atoms with Crippen LogP contribution >= 0.6 is 0 Å². The fourth-order valence-corrected chi connectivity index (χ4v) is 2.75. The Balaban J connectivity index is 1.96. The zero-order valence-electron chi connectivity index (χ0n) is 14.4. The monoisotopic (exact) mass is 304 g/mol. The predicted molar refractivity (Wildman–Crippen MR) is 89.3 cm³/mol. The first-order valence-electron chi connectivity index (χ1n) is 7.97. The second kappa shape index (κ2) is 7.30. The fourth-order valence-electron chi connectivity index (χ4n) is 2.75. The Bertz CT molecular complexity index is 531. The lowest BCUT2D eigenvalue weighted by Gasteiger charge is -2.11. The highest BCUT2D eigenvalue weighted by Gasteiger charge is 2.51. The summed E-state index contributed by atoms with van der Waals surface area (Å²) >= 11 is 0. The van der Waals surface area contributed by atoms with E-state index in [1.165, 1.54) is 16.7 Å². The third kappa shape index (κ3) is 4.59. The van der Waals surface area contributed by atoms with Crippen LogP contribution in [0, 0.1) is 6.92 Å². The van der Waals surface area contributed by atoms with E-state index in [2.05, 4.69) is 45.9 Å². The third-order valence-electron chi connectivity index (χ3n) is 4.18. The van der Waals surface area contributed by atoms with Gasteiger partial charge in [-0.15, -0.1) is 0 Å². The molecule has 1 heterocycles. The topological polar surface area (TPSA) is 31.0 Å². The van der Waals surface area contributed by atoms with Crippen LogP contribution < -0.4 is 4.74 Å². The molecular formula is C19H28O3. The quantitative estimate of drug-likeness (QED) is 0.404. The standard InChI is InChI=1S/C19H28O3/c1-14(2)7-6-10-19(4)18(22-19)12-16-11-15(3)8-9-17(16)21-13-20-5/h7-9,11,18H,6,10,12-13H2,1-5H3/t18-,19-/m1/s1. The van der Waals surface area contributed by atoms with E-state index in [1.54, 1.807) is 7.11 Å². The Kier molecular flexibility index (Phi) is 5.65. The minimum atomic E-state index is 0.00816. The van der Waals surface area contributed by atoms with Crippen LogP contribution in [0.1, 0.15) is 44.7 Å². The first-order chi connectivity index (χ1) is 10.4. The smallest absolute Gasteiger partial charge is 0.188 e. The summed E-state index contributed by atoms with van der Waals surface area (Å²) < 4.78 is 16.6. The molecule has 1 aromatic carbocycles. The molecule has 1 aliphatic heterocycles. The van der Waals surface area contributed by atoms with Crippen molar-refractivity contribution in [3.63, 3.8) is 0 Å². The number of aryl methyl sites for hydroxylation is 1. The molecule has 3 heteroatoms. The molecule has 0 aliphatic carbocycles. The molecule has 1 aliphatic rings. The number of ether oxygens (including phenoxy) is 3. The molecule has 3 nitrogen and oxygen atoms in total. The lowest BCUT2D eigenvalue weighted by molar-refractivity contribution is 0.0503. The second-order valence-corrected chi connectivity index (χ2v) is 6.61. The largest absolute Gasteiger partial charge is 0.467 e. The minimum Gasteiger partial charge on any atom is -0.467 e. The number of benzene rings is 1. The minimum absolute atomic E-state index is 0.00816. The highest BCUT2D eigenvalue weighted by Crippen LogP contribution is 2.43. The molecule has 0 unspecified atom stereocenters. The van der Waals surface area contributed by atoms with Gasteiger partial charge in [-0.05, 0) is 52.2 Å². The van der Waals surface area contributed by atoms with Crippen LogP contribution in [-0.4, -0.2) is 25.6 Å². The van der Waals surface area contributed by atoms with E-state index in [0.29, 0.717) is 0 Å². The van der Waals surface area contributed by atoms with Crippen LogP contribution in [0.25, 0.3) is 0 Å². The number of hydrogen-bond acceptors (Lipinski definition) is 3. The maximum absolute atomic E-state index is 5.97. The Morgan fingerprint density at radius 1 is 1.36 bits per heavy atom. The Morgan fingerprint density at radius 2 is 2.14 bits per heavy atom. The first kappa shape index (κ1) is 17.0. The first-order valence-corrected chi connectivity index (χ1v) is 7.97. The zero-order valence-corrected chi connectivity index (χ0v) is 14.4. The average molecular weight is 304 g/mol. The van der Waals surface area contributed by atoms with Crippen LogP contribution in [0.2, 0.25) is 0 Å². The van der Waals surface area contributed by atoms with E-state index in [9.17, 15) is 0 Å². The van der Waals surface area contributed by atoms with Gasteiger partial charge >= 0.3 is 0 Å². The Labute approximate surface area is 134 Å². The van der Waals surface area contributed by atoms with Crippen molar-refractivity contribution in [2.24, 2.45) is 0 Å². The van der Waals surface area contributed by atoms with Gasteiger partial charge in [0.25, 0.3) is 0 Å². The van der Waals surface area contributed by atoms with Crippen molar-refractivity contribution in [1.82, 2.24) is 0 Å². The van der Waals surface area contributed by atoms with Crippen LogP contribution in [0.5, 0.6) is 5.75 Å². The molecule has 1 saturated heterocycles. The van der Waals surface area contributed by atoms with E-state index in [1.807, 2.05) is 6.07 Å². The van der Waals surface area contributed by atoms with Gasteiger partial charge in [-0.3, -0.25) is 0 Å². The van der Waals surface area contributed by atoms with Crippen molar-refractivity contribution in [3.05, 3.63) is 41.0 Å². The van der Waals surface area contributed by atoms with Crippen molar-refractivity contribution in [1.29, 1.82) is 0 Å². The summed E-state index contributed by atoms with van der Waals surface area (Å²) in [7, 11) is 1.64. The van der Waals surface area contributed by atoms with Crippen LogP contribution in [-0.2, 0) is 15.9 Å². The van der Waals surface area contributed by atoms with Gasteiger partial charge < -0.3 is 14.2 Å². The number of allylic oxidation sites excluding steroid dienone is 2. The molecule has 0 radical (unpaired) electrons. The summed E-state index contributed by atoms with van der Waals surface area (Å²) in [6.07, 6.45) is 5.61. The van der Waals surface area contributed by atoms with E-state index in [0.717, 1.165) is 25.0 Å². The Hall–Kier alpha value is -1.32. The van der Waals surface area contributed by atoms with E-state index < -0.39 is 0 Å². The highest BCUT2D eigenvalue weighted by atomic mass is 16.7. The van der Waals surface area contributed by atoms with E-state index in [4.69, 9.17) is 14.2 Å². The van der Waals surface area contributed by atoms with Gasteiger partial charge in [-0.25, -0.2) is 0 Å². The van der Waals surface area contributed by atoms with Crippen LogP contribution in [0.15, 0.2) is 29.8 Å². The van der Waals surface area contributed by atoms with E-state index in [-0.39, 0.29) is 18.5 Å². The van der Waals surface area contributed by atoms with Crippen molar-refractivity contribution in [2.45, 2.75) is 58.7 Å². The van der Waals surface area contributed by atoms with Crippen LogP contribution in [0.3, 0.4) is 0 Å². The maximum Gasteiger partial charge on any atom is 0.188 e. The molecule has 0 aromatic heterocycles. The average Bonchev–Trinajstić information content (AvgIpc) is 3.07. The second-order valence-electron chi connectivity index (χ2n) is 6.61. The summed E-state index contributed by atoms with van der Waals surface area (Å²) in [5.74, 6) is 0.898. The summed E-state index contributed by atoms with van der Waals surface area (Å²) in [6.45, 7) is 8.87. The maximum atomic E-state index is 5.97. The van der Waals surface area contributed by atoms with Gasteiger partial charge in [-0.1, -0.05) is 29.3 Å². The summed E-state index contributed by atoms with van der Waals surface area (Å²) in [5.41, 5.74) is 3.82. The van der Waals surface area contributed by atoms with Crippen LogP contribution in [0.4, 0.5) is 0 Å². The van der Waals surface area contributed by atoms with Crippen molar-refractivity contribution < 1.29 is 14.2 Å². The molecule has 0 amide bonds.